The minimum atomic E-state index is -0.473. The number of benzene rings is 1. The van der Waals surface area contributed by atoms with E-state index in [9.17, 15) is 14.9 Å². The average Bonchev–Trinajstić information content (AvgIpc) is 2.32. The van der Waals surface area contributed by atoms with Gasteiger partial charge in [0.15, 0.2) is 0 Å². The van der Waals surface area contributed by atoms with Crippen molar-refractivity contribution in [1.29, 1.82) is 0 Å². The molecular formula is C10H9ClN2O3S. The van der Waals surface area contributed by atoms with Gasteiger partial charge >= 0.3 is 0 Å². The Morgan fingerprint density at radius 1 is 1.41 bits per heavy atom. The Morgan fingerprint density at radius 3 is 2.65 bits per heavy atom. The van der Waals surface area contributed by atoms with Crippen molar-refractivity contribution in [2.75, 3.05) is 4.31 Å². The van der Waals surface area contributed by atoms with Gasteiger partial charge in [-0.25, -0.2) is 0 Å². The summed E-state index contributed by atoms with van der Waals surface area (Å²) in [5.41, 5.74) is 0.626. The molecule has 7 heteroatoms. The standard InChI is InChI=1S/C10H9ClN2O3S/c11-9-5-6-10(14)12(17-9)7-1-3-8(4-2-7)13(15)16/h1-4,9H,5-6H2. The summed E-state index contributed by atoms with van der Waals surface area (Å²) >= 11 is 7.21. The van der Waals surface area contributed by atoms with Crippen molar-refractivity contribution in [3.63, 3.8) is 0 Å². The topological polar surface area (TPSA) is 63.5 Å². The van der Waals surface area contributed by atoms with E-state index >= 15 is 0 Å². The van der Waals surface area contributed by atoms with E-state index in [4.69, 9.17) is 11.6 Å². The number of nitro benzene ring substituents is 1. The molecule has 1 saturated heterocycles. The molecule has 1 atom stereocenters. The number of carbonyl (C=O) groups is 1. The van der Waals surface area contributed by atoms with Crippen molar-refractivity contribution in [3.05, 3.63) is 34.4 Å². The molecule has 0 spiro atoms. The second kappa shape index (κ2) is 4.93. The number of alkyl halides is 1. The molecule has 90 valence electrons. The van der Waals surface area contributed by atoms with Crippen LogP contribution in [0.15, 0.2) is 24.3 Å². The highest BCUT2D eigenvalue weighted by Gasteiger charge is 2.26. The Bertz CT molecular complexity index is 451. The molecule has 0 N–H and O–H groups in total. The zero-order chi connectivity index (χ0) is 12.4. The summed E-state index contributed by atoms with van der Waals surface area (Å²) in [5.74, 6) is -0.0271. The summed E-state index contributed by atoms with van der Waals surface area (Å²) in [4.78, 5) is 21.7. The van der Waals surface area contributed by atoms with Crippen LogP contribution in [0, 0.1) is 10.1 Å². The zero-order valence-corrected chi connectivity index (χ0v) is 10.3. The van der Waals surface area contributed by atoms with Gasteiger partial charge in [0.05, 0.1) is 15.3 Å². The van der Waals surface area contributed by atoms with Crippen LogP contribution in [-0.2, 0) is 4.79 Å². The van der Waals surface area contributed by atoms with Crippen LogP contribution in [0.2, 0.25) is 0 Å². The van der Waals surface area contributed by atoms with Gasteiger partial charge in [0.2, 0.25) is 5.91 Å². The largest absolute Gasteiger partial charge is 0.274 e. The SMILES string of the molecule is O=C1CCC(Cl)SN1c1ccc([N+](=O)[O-])cc1. The normalized spacial score (nSPS) is 20.4. The Labute approximate surface area is 107 Å². The molecule has 0 aliphatic carbocycles. The molecule has 1 heterocycles. The van der Waals surface area contributed by atoms with Crippen LogP contribution in [0.3, 0.4) is 0 Å². The molecule has 0 saturated carbocycles. The molecule has 1 aromatic rings. The van der Waals surface area contributed by atoms with Crippen LogP contribution >= 0.6 is 23.5 Å². The number of halogens is 1. The highest BCUT2D eigenvalue weighted by Crippen LogP contribution is 2.35. The molecule has 0 radical (unpaired) electrons. The molecule has 0 bridgehead atoms. The lowest BCUT2D eigenvalue weighted by atomic mass is 10.2. The van der Waals surface area contributed by atoms with Crippen molar-refractivity contribution in [2.45, 2.75) is 17.6 Å². The van der Waals surface area contributed by atoms with Crippen LogP contribution in [0.4, 0.5) is 11.4 Å². The Kier molecular flexibility index (Phi) is 3.54. The molecule has 5 nitrogen and oxygen atoms in total. The second-order valence-corrected chi connectivity index (χ2v) is 5.45. The van der Waals surface area contributed by atoms with E-state index in [1.54, 1.807) is 12.1 Å². The van der Waals surface area contributed by atoms with Crippen LogP contribution in [-0.4, -0.2) is 15.5 Å². The van der Waals surface area contributed by atoms with Crippen LogP contribution in [0.25, 0.3) is 0 Å². The monoisotopic (exact) mass is 272 g/mol. The van der Waals surface area contributed by atoms with Crippen LogP contribution in [0.5, 0.6) is 0 Å². The fourth-order valence-electron chi connectivity index (χ4n) is 1.48. The third-order valence-corrected chi connectivity index (χ3v) is 3.87. The van der Waals surface area contributed by atoms with Gasteiger partial charge in [-0.2, -0.15) is 0 Å². The smallest absolute Gasteiger partial charge is 0.269 e. The first-order chi connectivity index (χ1) is 8.08. The van der Waals surface area contributed by atoms with Crippen molar-refractivity contribution >= 4 is 40.8 Å². The molecule has 1 amide bonds. The van der Waals surface area contributed by atoms with E-state index < -0.39 is 4.92 Å². The summed E-state index contributed by atoms with van der Waals surface area (Å²) in [7, 11) is 0. The molecule has 2 rings (SSSR count). The molecule has 1 aliphatic heterocycles. The first-order valence-corrected chi connectivity index (χ1v) is 6.23. The van der Waals surface area contributed by atoms with Crippen LogP contribution in [0.1, 0.15) is 12.8 Å². The van der Waals surface area contributed by atoms with Crippen molar-refractivity contribution in [3.8, 4) is 0 Å². The van der Waals surface area contributed by atoms with Gasteiger partial charge < -0.3 is 0 Å². The average molecular weight is 273 g/mol. The summed E-state index contributed by atoms with van der Waals surface area (Å²) in [5, 5.41) is 10.5. The quantitative estimate of drug-likeness (QED) is 0.359. The van der Waals surface area contributed by atoms with Gasteiger partial charge in [-0.05, 0) is 30.5 Å². The maximum atomic E-state index is 11.7. The third-order valence-electron chi connectivity index (χ3n) is 2.33. The molecule has 1 unspecified atom stereocenters. The highest BCUT2D eigenvalue weighted by atomic mass is 35.5. The number of hydrogen-bond acceptors (Lipinski definition) is 4. The lowest BCUT2D eigenvalue weighted by Gasteiger charge is -2.28. The molecule has 1 aliphatic rings. The Morgan fingerprint density at radius 2 is 2.06 bits per heavy atom. The number of rotatable bonds is 2. The molecule has 1 aromatic carbocycles. The van der Waals surface area contributed by atoms with Gasteiger partial charge in [-0.3, -0.25) is 19.2 Å². The number of nitro groups is 1. The maximum Gasteiger partial charge on any atom is 0.269 e. The lowest BCUT2D eigenvalue weighted by Crippen LogP contribution is -2.30. The Hall–Kier alpha value is -1.27. The molecule has 1 fully saturated rings. The van der Waals surface area contributed by atoms with Crippen molar-refractivity contribution in [2.24, 2.45) is 0 Å². The van der Waals surface area contributed by atoms with Gasteiger partial charge in [0, 0.05) is 18.6 Å². The second-order valence-electron chi connectivity index (χ2n) is 3.52. The van der Waals surface area contributed by atoms with Gasteiger partial charge in [0.1, 0.15) is 0 Å². The summed E-state index contributed by atoms with van der Waals surface area (Å²) < 4.78 is 1.35. The highest BCUT2D eigenvalue weighted by molar-refractivity contribution is 8.03. The van der Waals surface area contributed by atoms with Crippen molar-refractivity contribution in [1.82, 2.24) is 0 Å². The van der Waals surface area contributed by atoms with E-state index in [0.29, 0.717) is 18.5 Å². The van der Waals surface area contributed by atoms with E-state index in [1.807, 2.05) is 0 Å². The zero-order valence-electron chi connectivity index (χ0n) is 8.71. The first-order valence-electron chi connectivity index (χ1n) is 4.96. The third kappa shape index (κ3) is 2.70. The van der Waals surface area contributed by atoms with E-state index in [2.05, 4.69) is 0 Å². The van der Waals surface area contributed by atoms with E-state index in [0.717, 1.165) is 0 Å². The predicted molar refractivity (Wildman–Crippen MR) is 67.0 cm³/mol. The fraction of sp³-hybridized carbons (Fsp3) is 0.300. The maximum absolute atomic E-state index is 11.7. The lowest BCUT2D eigenvalue weighted by molar-refractivity contribution is -0.384. The van der Waals surface area contributed by atoms with Gasteiger partial charge in [-0.1, -0.05) is 0 Å². The summed E-state index contributed by atoms with van der Waals surface area (Å²) in [6.45, 7) is 0. The minimum Gasteiger partial charge on any atom is -0.274 e. The molecular weight excluding hydrogens is 264 g/mol. The molecule has 0 aromatic heterocycles. The number of carbonyl (C=O) groups excluding carboxylic acids is 1. The van der Waals surface area contributed by atoms with Crippen molar-refractivity contribution < 1.29 is 9.72 Å². The van der Waals surface area contributed by atoms with Gasteiger partial charge in [-0.15, -0.1) is 11.6 Å². The van der Waals surface area contributed by atoms with E-state index in [-0.39, 0.29) is 16.3 Å². The Balaban J connectivity index is 2.21. The minimum absolute atomic E-state index is 0.00521. The number of anilines is 1. The summed E-state index contributed by atoms with van der Waals surface area (Å²) in [6, 6.07) is 5.86. The number of nitrogens with zero attached hydrogens (tertiary/aromatic N) is 2. The molecule has 17 heavy (non-hydrogen) atoms. The van der Waals surface area contributed by atoms with E-state index in [1.165, 1.54) is 28.4 Å². The van der Waals surface area contributed by atoms with Crippen LogP contribution < -0.4 is 4.31 Å². The number of non-ortho nitro benzene ring substituents is 1. The predicted octanol–water partition coefficient (Wildman–Crippen LogP) is 2.93. The number of amides is 1. The first kappa shape index (κ1) is 12.2. The number of hydrogen-bond donors (Lipinski definition) is 0. The fourth-order valence-corrected chi connectivity index (χ4v) is 2.73. The van der Waals surface area contributed by atoms with Gasteiger partial charge in [0.25, 0.3) is 5.69 Å². The summed E-state index contributed by atoms with van der Waals surface area (Å²) in [6.07, 6.45) is 1.05.